The van der Waals surface area contributed by atoms with Crippen molar-refractivity contribution >= 4 is 11.8 Å². The molecule has 1 aromatic heterocycles. The molecule has 0 saturated carbocycles. The molecule has 0 bridgehead atoms. The second-order valence-corrected chi connectivity index (χ2v) is 3.60. The fraction of sp³-hybridized carbons (Fsp3) is 0.444. The summed E-state index contributed by atoms with van der Waals surface area (Å²) >= 11 is 1.85. The minimum atomic E-state index is 0.0797. The van der Waals surface area contributed by atoms with Gasteiger partial charge in [-0.2, -0.15) is 11.8 Å². The number of aromatic nitrogens is 1. The lowest BCUT2D eigenvalue weighted by atomic mass is 10.4. The van der Waals surface area contributed by atoms with Crippen LogP contribution in [0.5, 0.6) is 0 Å². The van der Waals surface area contributed by atoms with Gasteiger partial charge < -0.3 is 4.57 Å². The van der Waals surface area contributed by atoms with Crippen molar-refractivity contribution in [2.45, 2.75) is 13.0 Å². The zero-order valence-corrected chi connectivity index (χ0v) is 8.01. The van der Waals surface area contributed by atoms with E-state index in [9.17, 15) is 4.79 Å². The van der Waals surface area contributed by atoms with E-state index in [1.807, 2.05) is 28.7 Å². The van der Waals surface area contributed by atoms with E-state index >= 15 is 0 Å². The normalized spacial score (nSPS) is 10.1. The molecule has 0 aromatic carbocycles. The summed E-state index contributed by atoms with van der Waals surface area (Å²) in [6.07, 6.45) is 6.93. The third-order valence-corrected chi connectivity index (χ3v) is 2.32. The largest absolute Gasteiger partial charge is 0.354 e. The third kappa shape index (κ3) is 3.13. The van der Waals surface area contributed by atoms with Crippen LogP contribution in [0.25, 0.3) is 0 Å². The first-order valence-electron chi connectivity index (χ1n) is 3.98. The van der Waals surface area contributed by atoms with E-state index in [2.05, 4.69) is 6.26 Å². The maximum absolute atomic E-state index is 10.7. The first kappa shape index (κ1) is 9.39. The quantitative estimate of drug-likeness (QED) is 0.661. The van der Waals surface area contributed by atoms with Crippen LogP contribution in [0.1, 0.15) is 6.42 Å². The second-order valence-electron chi connectivity index (χ2n) is 2.62. The highest BCUT2D eigenvalue weighted by Gasteiger charge is 1.88. The predicted octanol–water partition coefficient (Wildman–Crippen LogP) is 1.60. The number of nitrogens with zero attached hydrogens (tertiary/aromatic N) is 1. The van der Waals surface area contributed by atoms with Crippen LogP contribution >= 0.6 is 11.8 Å². The molecule has 12 heavy (non-hydrogen) atoms. The topological polar surface area (TPSA) is 22.0 Å². The molecule has 0 aliphatic carbocycles. The van der Waals surface area contributed by atoms with E-state index in [4.69, 9.17) is 0 Å². The molecule has 1 aromatic rings. The Morgan fingerprint density at radius 1 is 1.42 bits per heavy atom. The van der Waals surface area contributed by atoms with Gasteiger partial charge in [-0.15, -0.1) is 0 Å². The summed E-state index contributed by atoms with van der Waals surface area (Å²) in [7, 11) is 0. The van der Waals surface area contributed by atoms with Crippen LogP contribution in [0.4, 0.5) is 0 Å². The Kier molecular flexibility index (Phi) is 3.94. The number of thioether (sulfide) groups is 1. The average Bonchev–Trinajstić information content (AvgIpc) is 2.09. The fourth-order valence-electron chi connectivity index (χ4n) is 0.984. The van der Waals surface area contributed by atoms with E-state index in [0.717, 1.165) is 13.0 Å². The Morgan fingerprint density at radius 3 is 2.67 bits per heavy atom. The van der Waals surface area contributed by atoms with E-state index < -0.39 is 0 Å². The standard InChI is InChI=1S/C9H13NOS/c1-12-8-2-5-10-6-3-9(11)4-7-10/h3-4,6-7H,2,5,8H2,1H3. The average molecular weight is 183 g/mol. The van der Waals surface area contributed by atoms with Gasteiger partial charge in [0, 0.05) is 31.1 Å². The summed E-state index contributed by atoms with van der Waals surface area (Å²) in [5.74, 6) is 1.17. The molecule has 0 aliphatic rings. The van der Waals surface area contributed by atoms with Gasteiger partial charge in [-0.05, 0) is 18.4 Å². The minimum Gasteiger partial charge on any atom is -0.354 e. The number of pyridine rings is 1. The van der Waals surface area contributed by atoms with Gasteiger partial charge >= 0.3 is 0 Å². The Bertz CT molecular complexity index is 262. The molecule has 0 atom stereocenters. The molecule has 0 spiro atoms. The lowest BCUT2D eigenvalue weighted by molar-refractivity contribution is 0.678. The molecule has 0 radical (unpaired) electrons. The van der Waals surface area contributed by atoms with Gasteiger partial charge in [-0.25, -0.2) is 0 Å². The summed E-state index contributed by atoms with van der Waals surface area (Å²) in [6.45, 7) is 1.00. The number of aryl methyl sites for hydroxylation is 1. The highest BCUT2D eigenvalue weighted by atomic mass is 32.2. The summed E-state index contributed by atoms with van der Waals surface area (Å²) < 4.78 is 2.04. The highest BCUT2D eigenvalue weighted by molar-refractivity contribution is 7.98. The Balaban J connectivity index is 2.42. The molecule has 1 heterocycles. The number of hydrogen-bond donors (Lipinski definition) is 0. The van der Waals surface area contributed by atoms with Crippen molar-refractivity contribution in [3.8, 4) is 0 Å². The van der Waals surface area contributed by atoms with Gasteiger partial charge in [0.1, 0.15) is 0 Å². The molecule has 0 fully saturated rings. The predicted molar refractivity (Wildman–Crippen MR) is 53.7 cm³/mol. The van der Waals surface area contributed by atoms with Crippen molar-refractivity contribution < 1.29 is 0 Å². The van der Waals surface area contributed by atoms with Gasteiger partial charge in [0.05, 0.1) is 0 Å². The molecule has 2 nitrogen and oxygen atoms in total. The smallest absolute Gasteiger partial charge is 0.181 e. The molecule has 66 valence electrons. The van der Waals surface area contributed by atoms with Gasteiger partial charge in [0.25, 0.3) is 0 Å². The molecule has 0 aliphatic heterocycles. The van der Waals surface area contributed by atoms with E-state index in [-0.39, 0.29) is 5.43 Å². The lowest BCUT2D eigenvalue weighted by Crippen LogP contribution is -2.04. The van der Waals surface area contributed by atoms with Gasteiger partial charge in [-0.3, -0.25) is 4.79 Å². The lowest BCUT2D eigenvalue weighted by Gasteiger charge is -2.03. The molecule has 3 heteroatoms. The molecule has 0 saturated heterocycles. The maximum Gasteiger partial charge on any atom is 0.181 e. The van der Waals surface area contributed by atoms with Crippen molar-refractivity contribution in [2.24, 2.45) is 0 Å². The number of hydrogen-bond acceptors (Lipinski definition) is 2. The molecule has 1 rings (SSSR count). The van der Waals surface area contributed by atoms with Gasteiger partial charge in [0.15, 0.2) is 5.43 Å². The second kappa shape index (κ2) is 5.04. The summed E-state index contributed by atoms with van der Waals surface area (Å²) in [4.78, 5) is 10.7. The molecular weight excluding hydrogens is 170 g/mol. The van der Waals surface area contributed by atoms with Crippen molar-refractivity contribution in [2.75, 3.05) is 12.0 Å². The highest BCUT2D eigenvalue weighted by Crippen LogP contribution is 1.97. The molecule has 0 amide bonds. The maximum atomic E-state index is 10.7. The van der Waals surface area contributed by atoms with Gasteiger partial charge in [0.2, 0.25) is 0 Å². The molecule has 0 unspecified atom stereocenters. The van der Waals surface area contributed by atoms with Crippen LogP contribution in [-0.4, -0.2) is 16.6 Å². The van der Waals surface area contributed by atoms with Crippen LogP contribution in [0, 0.1) is 0 Å². The summed E-state index contributed by atoms with van der Waals surface area (Å²) in [5, 5.41) is 0. The first-order chi connectivity index (χ1) is 5.83. The fourth-order valence-corrected chi connectivity index (χ4v) is 1.40. The zero-order chi connectivity index (χ0) is 8.81. The Morgan fingerprint density at radius 2 is 2.08 bits per heavy atom. The van der Waals surface area contributed by atoms with Crippen LogP contribution in [-0.2, 0) is 6.54 Å². The van der Waals surface area contributed by atoms with Crippen molar-refractivity contribution in [3.05, 3.63) is 34.7 Å². The van der Waals surface area contributed by atoms with Crippen molar-refractivity contribution in [3.63, 3.8) is 0 Å². The molecular formula is C9H13NOS. The minimum absolute atomic E-state index is 0.0797. The Hall–Kier alpha value is -0.700. The van der Waals surface area contributed by atoms with Crippen LogP contribution < -0.4 is 5.43 Å². The first-order valence-corrected chi connectivity index (χ1v) is 5.37. The van der Waals surface area contributed by atoms with Crippen molar-refractivity contribution in [1.82, 2.24) is 4.57 Å². The Labute approximate surface area is 76.6 Å². The summed E-state index contributed by atoms with van der Waals surface area (Å²) in [5.41, 5.74) is 0.0797. The van der Waals surface area contributed by atoms with Crippen LogP contribution in [0.3, 0.4) is 0 Å². The van der Waals surface area contributed by atoms with Crippen LogP contribution in [0.15, 0.2) is 29.3 Å². The van der Waals surface area contributed by atoms with E-state index in [1.165, 1.54) is 5.75 Å². The summed E-state index contributed by atoms with van der Waals surface area (Å²) in [6, 6.07) is 3.19. The monoisotopic (exact) mass is 183 g/mol. The van der Waals surface area contributed by atoms with Crippen molar-refractivity contribution in [1.29, 1.82) is 0 Å². The third-order valence-electron chi connectivity index (χ3n) is 1.63. The zero-order valence-electron chi connectivity index (χ0n) is 7.19. The van der Waals surface area contributed by atoms with E-state index in [1.54, 1.807) is 12.1 Å². The number of rotatable bonds is 4. The van der Waals surface area contributed by atoms with Gasteiger partial charge in [-0.1, -0.05) is 0 Å². The molecule has 0 N–H and O–H groups in total. The van der Waals surface area contributed by atoms with E-state index in [0.29, 0.717) is 0 Å². The van der Waals surface area contributed by atoms with Crippen LogP contribution in [0.2, 0.25) is 0 Å². The SMILES string of the molecule is CSCCCn1ccc(=O)cc1.